The number of alkyl halides is 5. The molecule has 0 saturated heterocycles. The fourth-order valence-corrected chi connectivity index (χ4v) is 0.741. The molecular weight excluding hydrogens is 179 g/mol. The van der Waals surface area contributed by atoms with Gasteiger partial charge in [-0.1, -0.05) is 19.8 Å². The highest BCUT2D eigenvalue weighted by Gasteiger charge is 2.55. The molecule has 1 unspecified atom stereocenters. The van der Waals surface area contributed by atoms with Crippen molar-refractivity contribution in [3.8, 4) is 0 Å². The Morgan fingerprint density at radius 2 is 1.58 bits per heavy atom. The first-order chi connectivity index (χ1) is 5.37. The van der Waals surface area contributed by atoms with Gasteiger partial charge in [-0.15, -0.1) is 0 Å². The molecule has 0 aromatic heterocycles. The van der Waals surface area contributed by atoms with Crippen LogP contribution in [0.15, 0.2) is 0 Å². The molecular formula is C7H11F5. The van der Waals surface area contributed by atoms with Crippen molar-refractivity contribution in [3.63, 3.8) is 0 Å². The van der Waals surface area contributed by atoms with Crippen LogP contribution in [0.2, 0.25) is 0 Å². The fraction of sp³-hybridized carbons (Fsp3) is 1.00. The van der Waals surface area contributed by atoms with E-state index in [1.165, 1.54) is 0 Å². The van der Waals surface area contributed by atoms with E-state index in [-0.39, 0.29) is 6.42 Å². The highest BCUT2D eigenvalue weighted by atomic mass is 19.4. The second-order valence-electron chi connectivity index (χ2n) is 2.70. The first kappa shape index (κ1) is 11.6. The Morgan fingerprint density at radius 1 is 1.08 bits per heavy atom. The van der Waals surface area contributed by atoms with Gasteiger partial charge in [0.2, 0.25) is 5.67 Å². The number of hydrogen-bond donors (Lipinski definition) is 0. The predicted molar refractivity (Wildman–Crippen MR) is 35.4 cm³/mol. The first-order valence-electron chi connectivity index (χ1n) is 3.69. The number of hydrogen-bond acceptors (Lipinski definition) is 0. The summed E-state index contributed by atoms with van der Waals surface area (Å²) in [6.45, 7) is -0.370. The van der Waals surface area contributed by atoms with Crippen molar-refractivity contribution in [2.24, 2.45) is 0 Å². The molecule has 0 saturated carbocycles. The standard InChI is InChI=1S/C7H11F5/c1-2-3-4-6(9,5-8)7(10,11)12/h2-5H2,1H3. The molecule has 0 nitrogen and oxygen atoms in total. The summed E-state index contributed by atoms with van der Waals surface area (Å²) in [7, 11) is 0. The zero-order valence-electron chi connectivity index (χ0n) is 6.72. The lowest BCUT2D eigenvalue weighted by molar-refractivity contribution is -0.237. The maximum atomic E-state index is 12.7. The average molecular weight is 190 g/mol. The minimum Gasteiger partial charge on any atom is -0.247 e. The second-order valence-corrected chi connectivity index (χ2v) is 2.70. The van der Waals surface area contributed by atoms with Gasteiger partial charge in [0.15, 0.2) is 0 Å². The molecule has 1 atom stereocenters. The quantitative estimate of drug-likeness (QED) is 0.596. The van der Waals surface area contributed by atoms with Crippen LogP contribution < -0.4 is 0 Å². The van der Waals surface area contributed by atoms with Crippen molar-refractivity contribution in [3.05, 3.63) is 0 Å². The highest BCUT2D eigenvalue weighted by Crippen LogP contribution is 2.38. The fourth-order valence-electron chi connectivity index (χ4n) is 0.741. The van der Waals surface area contributed by atoms with Gasteiger partial charge >= 0.3 is 6.18 Å². The molecule has 0 heterocycles. The van der Waals surface area contributed by atoms with Crippen molar-refractivity contribution >= 4 is 0 Å². The van der Waals surface area contributed by atoms with E-state index >= 15 is 0 Å². The summed E-state index contributed by atoms with van der Waals surface area (Å²) in [5.74, 6) is 0. The molecule has 5 heteroatoms. The van der Waals surface area contributed by atoms with Crippen LogP contribution in [0.1, 0.15) is 26.2 Å². The number of unbranched alkanes of at least 4 members (excludes halogenated alkanes) is 1. The van der Waals surface area contributed by atoms with Gasteiger partial charge in [0.05, 0.1) is 0 Å². The molecule has 0 spiro atoms. The average Bonchev–Trinajstić information content (AvgIpc) is 1.98. The molecule has 12 heavy (non-hydrogen) atoms. The summed E-state index contributed by atoms with van der Waals surface area (Å²) in [4.78, 5) is 0. The van der Waals surface area contributed by atoms with Gasteiger partial charge in [-0.3, -0.25) is 0 Å². The Bertz CT molecular complexity index is 130. The minimum absolute atomic E-state index is 0.0416. The molecule has 0 rings (SSSR count). The third-order valence-electron chi connectivity index (χ3n) is 1.65. The zero-order chi connectivity index (χ0) is 9.83. The summed E-state index contributed by atoms with van der Waals surface area (Å²) in [5.41, 5.74) is -3.64. The summed E-state index contributed by atoms with van der Waals surface area (Å²) in [5, 5.41) is 0. The topological polar surface area (TPSA) is 0 Å². The van der Waals surface area contributed by atoms with E-state index < -0.39 is 24.9 Å². The summed E-state index contributed by atoms with van der Waals surface area (Å²) in [6.07, 6.45) is -5.41. The summed E-state index contributed by atoms with van der Waals surface area (Å²) in [6, 6.07) is 0. The smallest absolute Gasteiger partial charge is 0.247 e. The lowest BCUT2D eigenvalue weighted by Crippen LogP contribution is -2.42. The zero-order valence-corrected chi connectivity index (χ0v) is 6.72. The van der Waals surface area contributed by atoms with Crippen LogP contribution in [0.4, 0.5) is 22.0 Å². The van der Waals surface area contributed by atoms with Gasteiger partial charge in [0, 0.05) is 0 Å². The molecule has 0 aliphatic rings. The largest absolute Gasteiger partial charge is 0.425 e. The molecule has 0 aliphatic carbocycles. The van der Waals surface area contributed by atoms with E-state index in [0.29, 0.717) is 6.42 Å². The minimum atomic E-state index is -5.09. The van der Waals surface area contributed by atoms with Crippen LogP contribution in [-0.4, -0.2) is 18.5 Å². The van der Waals surface area contributed by atoms with Crippen LogP contribution in [0.5, 0.6) is 0 Å². The Balaban J connectivity index is 4.24. The Labute approximate surface area is 67.8 Å². The summed E-state index contributed by atoms with van der Waals surface area (Å²) >= 11 is 0. The van der Waals surface area contributed by atoms with Crippen LogP contribution in [0.3, 0.4) is 0 Å². The monoisotopic (exact) mass is 190 g/mol. The van der Waals surface area contributed by atoms with Crippen molar-refractivity contribution < 1.29 is 22.0 Å². The molecule has 0 aliphatic heterocycles. The van der Waals surface area contributed by atoms with Gasteiger partial charge in [-0.25, -0.2) is 8.78 Å². The molecule has 0 radical (unpaired) electrons. The third-order valence-corrected chi connectivity index (χ3v) is 1.65. The maximum absolute atomic E-state index is 12.7. The normalized spacial score (nSPS) is 17.5. The molecule has 0 fully saturated rings. The molecule has 0 N–H and O–H groups in total. The Kier molecular flexibility index (Phi) is 3.93. The van der Waals surface area contributed by atoms with Gasteiger partial charge in [0.25, 0.3) is 0 Å². The molecule has 0 amide bonds. The van der Waals surface area contributed by atoms with E-state index in [1.54, 1.807) is 6.92 Å². The van der Waals surface area contributed by atoms with E-state index in [9.17, 15) is 22.0 Å². The van der Waals surface area contributed by atoms with Gasteiger partial charge in [0.1, 0.15) is 6.67 Å². The van der Waals surface area contributed by atoms with E-state index in [0.717, 1.165) is 0 Å². The second kappa shape index (κ2) is 4.05. The van der Waals surface area contributed by atoms with Crippen LogP contribution in [0.25, 0.3) is 0 Å². The number of rotatable bonds is 4. The van der Waals surface area contributed by atoms with Gasteiger partial charge in [-0.2, -0.15) is 13.2 Å². The predicted octanol–water partition coefficient (Wildman–Crippen LogP) is 3.42. The van der Waals surface area contributed by atoms with Crippen LogP contribution >= 0.6 is 0 Å². The van der Waals surface area contributed by atoms with Crippen molar-refractivity contribution in [1.29, 1.82) is 0 Å². The first-order valence-corrected chi connectivity index (χ1v) is 3.69. The number of halogens is 5. The third kappa shape index (κ3) is 2.60. The van der Waals surface area contributed by atoms with E-state index in [2.05, 4.69) is 0 Å². The Morgan fingerprint density at radius 3 is 1.83 bits per heavy atom. The highest BCUT2D eigenvalue weighted by molar-refractivity contribution is 4.86. The molecule has 0 aromatic carbocycles. The molecule has 0 aromatic rings. The van der Waals surface area contributed by atoms with E-state index in [4.69, 9.17) is 0 Å². The summed E-state index contributed by atoms with van der Waals surface area (Å²) < 4.78 is 59.9. The van der Waals surface area contributed by atoms with Crippen molar-refractivity contribution in [1.82, 2.24) is 0 Å². The van der Waals surface area contributed by atoms with E-state index in [1.807, 2.05) is 0 Å². The van der Waals surface area contributed by atoms with Gasteiger partial charge in [-0.05, 0) is 6.42 Å². The lowest BCUT2D eigenvalue weighted by atomic mass is 10.00. The van der Waals surface area contributed by atoms with Crippen LogP contribution in [-0.2, 0) is 0 Å². The maximum Gasteiger partial charge on any atom is 0.425 e. The molecule has 0 bridgehead atoms. The SMILES string of the molecule is CCCCC(F)(CF)C(F)(F)F. The van der Waals surface area contributed by atoms with Crippen molar-refractivity contribution in [2.75, 3.05) is 6.67 Å². The van der Waals surface area contributed by atoms with Crippen LogP contribution in [0, 0.1) is 0 Å². The van der Waals surface area contributed by atoms with Crippen molar-refractivity contribution in [2.45, 2.75) is 38.0 Å². The molecule has 74 valence electrons. The van der Waals surface area contributed by atoms with Gasteiger partial charge < -0.3 is 0 Å². The lowest BCUT2D eigenvalue weighted by Gasteiger charge is -2.24. The Hall–Kier alpha value is -0.350.